The van der Waals surface area contributed by atoms with Gasteiger partial charge in [0.05, 0.1) is 0 Å². The second-order valence-electron chi connectivity index (χ2n) is 1.64. The average molecular weight is 135 g/mol. The fraction of sp³-hybridized carbons (Fsp3) is 0.800. The molecular formula is C5H13NO3. The average Bonchev–Trinajstić information content (AvgIpc) is 1.66. The minimum Gasteiger partial charge on any atom is -0.481 e. The first-order valence-corrected chi connectivity index (χ1v) is 2.69. The van der Waals surface area contributed by atoms with Crippen LogP contribution in [0.5, 0.6) is 0 Å². The third-order valence-corrected chi connectivity index (χ3v) is 0.845. The van der Waals surface area contributed by atoms with Crippen molar-refractivity contribution in [2.75, 3.05) is 6.54 Å². The number of unbranched alkanes of at least 4 members (excludes halogenated alkanes) is 1. The summed E-state index contributed by atoms with van der Waals surface area (Å²) >= 11 is 0. The van der Waals surface area contributed by atoms with Gasteiger partial charge in [-0.1, -0.05) is 0 Å². The summed E-state index contributed by atoms with van der Waals surface area (Å²) in [6.45, 7) is 0.591. The van der Waals surface area contributed by atoms with E-state index in [0.29, 0.717) is 13.0 Å². The lowest BCUT2D eigenvalue weighted by atomic mass is 10.2. The standard InChI is InChI=1S/C5H11NO2.H2O/c6-4-2-1-3-5(7)8;/h1-4,6H2,(H,7,8);1H2. The van der Waals surface area contributed by atoms with Gasteiger partial charge in [-0.05, 0) is 19.4 Å². The van der Waals surface area contributed by atoms with E-state index in [-0.39, 0.29) is 11.9 Å². The minimum atomic E-state index is -0.738. The van der Waals surface area contributed by atoms with Gasteiger partial charge in [-0.2, -0.15) is 0 Å². The lowest BCUT2D eigenvalue weighted by Crippen LogP contribution is -2.00. The van der Waals surface area contributed by atoms with Gasteiger partial charge in [-0.25, -0.2) is 0 Å². The minimum absolute atomic E-state index is 0. The highest BCUT2D eigenvalue weighted by Crippen LogP contribution is 1.91. The molecule has 0 aromatic carbocycles. The van der Waals surface area contributed by atoms with Crippen molar-refractivity contribution >= 4 is 5.97 Å². The van der Waals surface area contributed by atoms with Crippen molar-refractivity contribution in [3.63, 3.8) is 0 Å². The third-order valence-electron chi connectivity index (χ3n) is 0.845. The van der Waals surface area contributed by atoms with Crippen LogP contribution in [0, 0.1) is 0 Å². The summed E-state index contributed by atoms with van der Waals surface area (Å²) in [4.78, 5) is 9.83. The molecule has 5 N–H and O–H groups in total. The molecule has 4 heteroatoms. The summed E-state index contributed by atoms with van der Waals surface area (Å²) in [5, 5.41) is 8.10. The number of carboxylic acid groups (broad SMARTS) is 1. The monoisotopic (exact) mass is 135 g/mol. The Balaban J connectivity index is 0. The maximum atomic E-state index is 9.83. The lowest BCUT2D eigenvalue weighted by molar-refractivity contribution is -0.137. The van der Waals surface area contributed by atoms with E-state index in [9.17, 15) is 4.79 Å². The normalized spacial score (nSPS) is 8.11. The molecule has 0 aliphatic rings. The molecule has 0 rings (SSSR count). The molecule has 4 nitrogen and oxygen atoms in total. The summed E-state index contributed by atoms with van der Waals surface area (Å²) in [7, 11) is 0. The van der Waals surface area contributed by atoms with Gasteiger partial charge in [0.15, 0.2) is 0 Å². The Labute approximate surface area is 54.0 Å². The predicted molar refractivity (Wildman–Crippen MR) is 34.2 cm³/mol. The first kappa shape index (κ1) is 11.2. The second-order valence-corrected chi connectivity index (χ2v) is 1.64. The molecule has 0 aromatic heterocycles. The number of hydrogen-bond donors (Lipinski definition) is 2. The molecule has 0 atom stereocenters. The van der Waals surface area contributed by atoms with E-state index in [1.165, 1.54) is 0 Å². The fourth-order valence-electron chi connectivity index (χ4n) is 0.421. The highest BCUT2D eigenvalue weighted by Gasteiger charge is 1.92. The van der Waals surface area contributed by atoms with Crippen molar-refractivity contribution in [3.8, 4) is 0 Å². The number of carboxylic acids is 1. The number of rotatable bonds is 4. The quantitative estimate of drug-likeness (QED) is 0.502. The molecule has 0 amide bonds. The summed E-state index contributed by atoms with van der Waals surface area (Å²) < 4.78 is 0. The van der Waals surface area contributed by atoms with Crippen LogP contribution >= 0.6 is 0 Å². The van der Waals surface area contributed by atoms with Crippen LogP contribution in [0.1, 0.15) is 19.3 Å². The van der Waals surface area contributed by atoms with Crippen molar-refractivity contribution < 1.29 is 15.4 Å². The molecule has 56 valence electrons. The van der Waals surface area contributed by atoms with Crippen LogP contribution < -0.4 is 5.73 Å². The maximum Gasteiger partial charge on any atom is 0.303 e. The van der Waals surface area contributed by atoms with E-state index in [4.69, 9.17) is 10.8 Å². The van der Waals surface area contributed by atoms with Crippen LogP contribution in [0.4, 0.5) is 0 Å². The first-order chi connectivity index (χ1) is 3.77. The summed E-state index contributed by atoms with van der Waals surface area (Å²) in [6, 6.07) is 0. The van der Waals surface area contributed by atoms with Crippen LogP contribution in [0.3, 0.4) is 0 Å². The molecule has 0 heterocycles. The van der Waals surface area contributed by atoms with Gasteiger partial charge in [0.1, 0.15) is 0 Å². The number of hydrogen-bond acceptors (Lipinski definition) is 2. The SMILES string of the molecule is NCCCCC(=O)O.O. The Kier molecular flexibility index (Phi) is 9.21. The van der Waals surface area contributed by atoms with Gasteiger partial charge in [0.25, 0.3) is 0 Å². The molecule has 9 heavy (non-hydrogen) atoms. The maximum absolute atomic E-state index is 9.83. The largest absolute Gasteiger partial charge is 0.481 e. The zero-order chi connectivity index (χ0) is 6.41. The lowest BCUT2D eigenvalue weighted by Gasteiger charge is -1.90. The van der Waals surface area contributed by atoms with Gasteiger partial charge in [-0.15, -0.1) is 0 Å². The topological polar surface area (TPSA) is 94.8 Å². The summed E-state index contributed by atoms with van der Waals surface area (Å²) in [5.41, 5.74) is 5.12. The Morgan fingerprint density at radius 1 is 1.44 bits per heavy atom. The first-order valence-electron chi connectivity index (χ1n) is 2.69. The zero-order valence-electron chi connectivity index (χ0n) is 5.26. The van der Waals surface area contributed by atoms with Crippen molar-refractivity contribution in [2.24, 2.45) is 5.73 Å². The molecule has 0 saturated heterocycles. The second kappa shape index (κ2) is 7.39. The summed E-state index contributed by atoms with van der Waals surface area (Å²) in [6.07, 6.45) is 1.76. The molecule has 0 unspecified atom stereocenters. The van der Waals surface area contributed by atoms with Gasteiger partial charge in [-0.3, -0.25) is 4.79 Å². The molecule has 0 aromatic rings. The van der Waals surface area contributed by atoms with Gasteiger partial charge in [0.2, 0.25) is 0 Å². The van der Waals surface area contributed by atoms with E-state index in [0.717, 1.165) is 6.42 Å². The van der Waals surface area contributed by atoms with Crippen LogP contribution in [0.15, 0.2) is 0 Å². The Morgan fingerprint density at radius 3 is 2.33 bits per heavy atom. The highest BCUT2D eigenvalue weighted by molar-refractivity contribution is 5.66. The van der Waals surface area contributed by atoms with E-state index in [2.05, 4.69) is 0 Å². The van der Waals surface area contributed by atoms with Crippen LogP contribution in [0.2, 0.25) is 0 Å². The van der Waals surface area contributed by atoms with E-state index < -0.39 is 5.97 Å². The molecule has 0 bridgehead atoms. The third kappa shape index (κ3) is 11.1. The highest BCUT2D eigenvalue weighted by atomic mass is 16.4. The van der Waals surface area contributed by atoms with Gasteiger partial charge < -0.3 is 16.3 Å². The van der Waals surface area contributed by atoms with Crippen molar-refractivity contribution in [2.45, 2.75) is 19.3 Å². The van der Waals surface area contributed by atoms with Gasteiger partial charge in [0, 0.05) is 6.42 Å². The van der Waals surface area contributed by atoms with Crippen LogP contribution in [-0.4, -0.2) is 23.1 Å². The van der Waals surface area contributed by atoms with Crippen molar-refractivity contribution in [1.29, 1.82) is 0 Å². The van der Waals surface area contributed by atoms with Crippen LogP contribution in [-0.2, 0) is 4.79 Å². The van der Waals surface area contributed by atoms with Crippen molar-refractivity contribution in [1.82, 2.24) is 0 Å². The Morgan fingerprint density at radius 2 is 2.00 bits per heavy atom. The summed E-state index contributed by atoms with van der Waals surface area (Å²) in [5.74, 6) is -0.738. The Hall–Kier alpha value is -0.610. The molecular weight excluding hydrogens is 122 g/mol. The van der Waals surface area contributed by atoms with E-state index in [1.54, 1.807) is 0 Å². The molecule has 0 spiro atoms. The number of aliphatic carboxylic acids is 1. The van der Waals surface area contributed by atoms with E-state index in [1.807, 2.05) is 0 Å². The molecule has 0 saturated carbocycles. The number of nitrogens with two attached hydrogens (primary N) is 1. The molecule has 0 radical (unpaired) electrons. The fourth-order valence-corrected chi connectivity index (χ4v) is 0.421. The zero-order valence-corrected chi connectivity index (χ0v) is 5.26. The van der Waals surface area contributed by atoms with E-state index >= 15 is 0 Å². The predicted octanol–water partition coefficient (Wildman–Crippen LogP) is -0.625. The van der Waals surface area contributed by atoms with Gasteiger partial charge >= 0.3 is 5.97 Å². The molecule has 0 aliphatic heterocycles. The van der Waals surface area contributed by atoms with Crippen LogP contribution in [0.25, 0.3) is 0 Å². The molecule has 0 aliphatic carbocycles. The van der Waals surface area contributed by atoms with Crippen molar-refractivity contribution in [3.05, 3.63) is 0 Å². The smallest absolute Gasteiger partial charge is 0.303 e. The number of carbonyl (C=O) groups is 1. The molecule has 0 fully saturated rings. The Bertz CT molecular complexity index is 74.6.